The van der Waals surface area contributed by atoms with Crippen LogP contribution in [0.4, 0.5) is 5.69 Å². The Morgan fingerprint density at radius 2 is 1.75 bits per heavy atom. The highest BCUT2D eigenvalue weighted by molar-refractivity contribution is 6.42. The Morgan fingerprint density at radius 3 is 2.50 bits per heavy atom. The summed E-state index contributed by atoms with van der Waals surface area (Å²) in [5.41, 5.74) is 1.01. The third-order valence-corrected chi connectivity index (χ3v) is 5.52. The second kappa shape index (κ2) is 7.99. The number of carbonyl (C=O) groups is 2. The van der Waals surface area contributed by atoms with Crippen LogP contribution < -0.4 is 9.64 Å². The van der Waals surface area contributed by atoms with Gasteiger partial charge in [-0.1, -0.05) is 35.3 Å². The van der Waals surface area contributed by atoms with E-state index in [0.29, 0.717) is 53.3 Å². The fraction of sp³-hybridized carbons (Fsp3) is 0.300. The molecule has 146 valence electrons. The predicted molar refractivity (Wildman–Crippen MR) is 106 cm³/mol. The van der Waals surface area contributed by atoms with E-state index in [-0.39, 0.29) is 18.4 Å². The van der Waals surface area contributed by atoms with Gasteiger partial charge in [0, 0.05) is 18.7 Å². The molecule has 1 saturated heterocycles. The number of halogens is 2. The Balaban J connectivity index is 1.64. The summed E-state index contributed by atoms with van der Waals surface area (Å²) in [6.45, 7) is 2.15. The molecule has 8 heteroatoms. The number of nitrogens with zero attached hydrogens (tertiary/aromatic N) is 2. The number of carbonyl (C=O) groups excluding carboxylic acids is 2. The fourth-order valence-electron chi connectivity index (χ4n) is 3.33. The number of ether oxygens (including phenoxy) is 2. The molecule has 2 aliphatic rings. The van der Waals surface area contributed by atoms with E-state index in [1.165, 1.54) is 6.07 Å². The van der Waals surface area contributed by atoms with E-state index in [9.17, 15) is 9.59 Å². The van der Waals surface area contributed by atoms with Crippen molar-refractivity contribution in [1.29, 1.82) is 0 Å². The number of fused-ring (bicyclic) bond motifs is 1. The number of hydrogen-bond acceptors (Lipinski definition) is 4. The Kier molecular flexibility index (Phi) is 5.44. The minimum atomic E-state index is -0.778. The van der Waals surface area contributed by atoms with E-state index in [4.69, 9.17) is 32.7 Å². The summed E-state index contributed by atoms with van der Waals surface area (Å²) in [6, 6.07) is 11.9. The number of hydrogen-bond donors (Lipinski definition) is 0. The van der Waals surface area contributed by atoms with Crippen LogP contribution in [0.5, 0.6) is 5.75 Å². The summed E-state index contributed by atoms with van der Waals surface area (Å²) in [7, 11) is 0. The van der Waals surface area contributed by atoms with Crippen LogP contribution in [0, 0.1) is 0 Å². The molecule has 0 radical (unpaired) electrons. The van der Waals surface area contributed by atoms with Gasteiger partial charge < -0.3 is 19.3 Å². The Hall–Kier alpha value is -2.28. The molecule has 0 saturated carbocycles. The molecule has 2 heterocycles. The smallest absolute Gasteiger partial charge is 0.265 e. The number of para-hydroxylation sites is 2. The molecule has 2 aliphatic heterocycles. The summed E-state index contributed by atoms with van der Waals surface area (Å²) < 4.78 is 11.2. The van der Waals surface area contributed by atoms with E-state index < -0.39 is 6.10 Å². The van der Waals surface area contributed by atoms with Crippen molar-refractivity contribution in [2.24, 2.45) is 0 Å². The molecule has 0 aromatic heterocycles. The molecule has 2 aromatic carbocycles. The first-order valence-electron chi connectivity index (χ1n) is 8.94. The van der Waals surface area contributed by atoms with Gasteiger partial charge in [-0.05, 0) is 30.3 Å². The molecule has 4 rings (SSSR count). The van der Waals surface area contributed by atoms with Crippen molar-refractivity contribution < 1.29 is 19.1 Å². The first kappa shape index (κ1) is 19.1. The lowest BCUT2D eigenvalue weighted by atomic mass is 10.1. The SMILES string of the molecule is O=C([C@@H]1CN(C(=O)c2ccc(Cl)c(Cl)c2)c2ccccc2O1)N1CCOCC1. The highest BCUT2D eigenvalue weighted by atomic mass is 35.5. The van der Waals surface area contributed by atoms with E-state index in [1.54, 1.807) is 34.1 Å². The second-order valence-corrected chi connectivity index (χ2v) is 7.37. The molecule has 0 N–H and O–H groups in total. The summed E-state index contributed by atoms with van der Waals surface area (Å²) in [5, 5.41) is 0.677. The normalized spacial score (nSPS) is 19.0. The molecule has 0 bridgehead atoms. The van der Waals surface area contributed by atoms with Gasteiger partial charge in [-0.3, -0.25) is 9.59 Å². The van der Waals surface area contributed by atoms with Crippen LogP contribution in [0.15, 0.2) is 42.5 Å². The van der Waals surface area contributed by atoms with Crippen molar-refractivity contribution in [2.75, 3.05) is 37.7 Å². The fourth-order valence-corrected chi connectivity index (χ4v) is 3.63. The maximum atomic E-state index is 13.2. The van der Waals surface area contributed by atoms with Gasteiger partial charge in [0.25, 0.3) is 11.8 Å². The molecule has 0 spiro atoms. The number of amides is 2. The third kappa shape index (κ3) is 3.68. The molecule has 28 heavy (non-hydrogen) atoms. The summed E-state index contributed by atoms with van der Waals surface area (Å²) in [4.78, 5) is 29.4. The molecule has 6 nitrogen and oxygen atoms in total. The minimum Gasteiger partial charge on any atom is -0.476 e. The van der Waals surface area contributed by atoms with Gasteiger partial charge in [0.15, 0.2) is 6.10 Å². The first-order chi connectivity index (χ1) is 13.5. The summed E-state index contributed by atoms with van der Waals surface area (Å²) in [6.07, 6.45) is -0.778. The van der Waals surface area contributed by atoms with Gasteiger partial charge in [-0.15, -0.1) is 0 Å². The average molecular weight is 421 g/mol. The predicted octanol–water partition coefficient (Wildman–Crippen LogP) is 3.26. The van der Waals surface area contributed by atoms with Crippen LogP contribution in [0.1, 0.15) is 10.4 Å². The van der Waals surface area contributed by atoms with E-state index in [0.717, 1.165) is 0 Å². The first-order valence-corrected chi connectivity index (χ1v) is 9.69. The molecule has 2 aromatic rings. The standard InChI is InChI=1S/C20H18Cl2N2O4/c21-14-6-5-13(11-15(14)22)19(25)24-12-18(20(26)23-7-9-27-10-8-23)28-17-4-2-1-3-16(17)24/h1-6,11,18H,7-10,12H2/t18-/m0/s1. The van der Waals surface area contributed by atoms with E-state index in [2.05, 4.69) is 0 Å². The van der Waals surface area contributed by atoms with Crippen molar-refractivity contribution >= 4 is 40.7 Å². The van der Waals surface area contributed by atoms with Gasteiger partial charge in [-0.2, -0.15) is 0 Å². The average Bonchev–Trinajstić information content (AvgIpc) is 2.74. The van der Waals surface area contributed by atoms with Crippen LogP contribution in [-0.4, -0.2) is 55.7 Å². The molecule has 1 fully saturated rings. The third-order valence-electron chi connectivity index (χ3n) is 4.78. The summed E-state index contributed by atoms with van der Waals surface area (Å²) >= 11 is 12.0. The topological polar surface area (TPSA) is 59.1 Å². The van der Waals surface area contributed by atoms with E-state index in [1.807, 2.05) is 12.1 Å². The van der Waals surface area contributed by atoms with Crippen LogP contribution in [0.3, 0.4) is 0 Å². The minimum absolute atomic E-state index is 0.117. The maximum absolute atomic E-state index is 13.2. The lowest BCUT2D eigenvalue weighted by molar-refractivity contribution is -0.142. The Morgan fingerprint density at radius 1 is 1.00 bits per heavy atom. The lowest BCUT2D eigenvalue weighted by Gasteiger charge is -2.37. The molecular formula is C20H18Cl2N2O4. The number of rotatable bonds is 2. The zero-order chi connectivity index (χ0) is 19.7. The molecule has 0 unspecified atom stereocenters. The van der Waals surface area contributed by atoms with Gasteiger partial charge >= 0.3 is 0 Å². The molecule has 1 atom stereocenters. The van der Waals surface area contributed by atoms with Crippen LogP contribution in [0.25, 0.3) is 0 Å². The Bertz CT molecular complexity index is 915. The summed E-state index contributed by atoms with van der Waals surface area (Å²) in [5.74, 6) is 0.0765. The zero-order valence-electron chi connectivity index (χ0n) is 14.9. The van der Waals surface area contributed by atoms with Gasteiger partial charge in [0.05, 0.1) is 35.5 Å². The van der Waals surface area contributed by atoms with Gasteiger partial charge in [0.1, 0.15) is 5.75 Å². The van der Waals surface area contributed by atoms with Crippen LogP contribution in [0.2, 0.25) is 10.0 Å². The highest BCUT2D eigenvalue weighted by Gasteiger charge is 2.36. The van der Waals surface area contributed by atoms with Crippen molar-refractivity contribution in [3.05, 3.63) is 58.1 Å². The monoisotopic (exact) mass is 420 g/mol. The molecule has 0 aliphatic carbocycles. The number of anilines is 1. The van der Waals surface area contributed by atoms with E-state index >= 15 is 0 Å². The van der Waals surface area contributed by atoms with Crippen molar-refractivity contribution in [3.63, 3.8) is 0 Å². The number of benzene rings is 2. The van der Waals surface area contributed by atoms with Crippen molar-refractivity contribution in [1.82, 2.24) is 4.90 Å². The number of morpholine rings is 1. The Labute approximate surface area is 172 Å². The van der Waals surface area contributed by atoms with Crippen LogP contribution >= 0.6 is 23.2 Å². The van der Waals surface area contributed by atoms with Crippen molar-refractivity contribution in [2.45, 2.75) is 6.10 Å². The molecular weight excluding hydrogens is 403 g/mol. The van der Waals surface area contributed by atoms with Gasteiger partial charge in [0.2, 0.25) is 0 Å². The highest BCUT2D eigenvalue weighted by Crippen LogP contribution is 2.35. The second-order valence-electron chi connectivity index (χ2n) is 6.56. The van der Waals surface area contributed by atoms with Crippen LogP contribution in [-0.2, 0) is 9.53 Å². The maximum Gasteiger partial charge on any atom is 0.265 e. The van der Waals surface area contributed by atoms with Crippen molar-refractivity contribution in [3.8, 4) is 5.75 Å². The molecule has 2 amide bonds. The van der Waals surface area contributed by atoms with Gasteiger partial charge in [-0.25, -0.2) is 0 Å². The lowest BCUT2D eigenvalue weighted by Crippen LogP contribution is -2.54. The zero-order valence-corrected chi connectivity index (χ0v) is 16.4. The quantitative estimate of drug-likeness (QED) is 0.747. The largest absolute Gasteiger partial charge is 0.476 e.